The van der Waals surface area contributed by atoms with Crippen LogP contribution in [0.15, 0.2) is 17.5 Å². The largest absolute Gasteiger partial charge is 0.355 e. The molecule has 3 rings (SSSR count). The van der Waals surface area contributed by atoms with Crippen molar-refractivity contribution < 1.29 is 9.59 Å². The van der Waals surface area contributed by atoms with Gasteiger partial charge in [-0.2, -0.15) is 0 Å². The van der Waals surface area contributed by atoms with Gasteiger partial charge in [0, 0.05) is 30.4 Å². The predicted octanol–water partition coefficient (Wildman–Crippen LogP) is 2.21. The number of amides is 2. The van der Waals surface area contributed by atoms with Crippen LogP contribution in [0.2, 0.25) is 0 Å². The van der Waals surface area contributed by atoms with Gasteiger partial charge >= 0.3 is 0 Å². The summed E-state index contributed by atoms with van der Waals surface area (Å²) in [5, 5.41) is 8.43. The molecule has 7 heteroatoms. The van der Waals surface area contributed by atoms with Crippen molar-refractivity contribution in [1.29, 1.82) is 0 Å². The first kappa shape index (κ1) is 20.2. The maximum atomic E-state index is 12.5. The molecule has 2 N–H and O–H groups in total. The average molecular weight is 386 g/mol. The second-order valence-corrected chi connectivity index (χ2v) is 7.75. The molecule has 0 spiro atoms. The minimum Gasteiger partial charge on any atom is -0.355 e. The highest BCUT2D eigenvalue weighted by Gasteiger charge is 2.31. The molecule has 25 heavy (non-hydrogen) atoms. The Balaban J connectivity index is 0.00000225. The minimum atomic E-state index is -0.00470. The highest BCUT2D eigenvalue weighted by molar-refractivity contribution is 7.09. The lowest BCUT2D eigenvalue weighted by Gasteiger charge is -2.35. The van der Waals surface area contributed by atoms with Gasteiger partial charge in [0.2, 0.25) is 11.8 Å². The Bertz CT molecular complexity index is 539. The zero-order valence-electron chi connectivity index (χ0n) is 14.5. The zero-order chi connectivity index (χ0) is 16.8. The maximum absolute atomic E-state index is 12.5. The fourth-order valence-corrected chi connectivity index (χ4v) is 4.26. The molecular formula is C18H28ClN3O2S. The number of nitrogens with one attached hydrogen (secondary N) is 2. The van der Waals surface area contributed by atoms with Crippen molar-refractivity contribution in [3.63, 3.8) is 0 Å². The normalized spacial score (nSPS) is 21.4. The Morgan fingerprint density at radius 2 is 2.04 bits per heavy atom. The molecule has 2 saturated heterocycles. The molecule has 0 saturated carbocycles. The molecule has 2 aliphatic heterocycles. The topological polar surface area (TPSA) is 61.4 Å². The summed E-state index contributed by atoms with van der Waals surface area (Å²) in [6, 6.07) is 4.13. The van der Waals surface area contributed by atoms with Crippen molar-refractivity contribution in [3.8, 4) is 0 Å². The summed E-state index contributed by atoms with van der Waals surface area (Å²) in [5.41, 5.74) is 0. The predicted molar refractivity (Wildman–Crippen MR) is 103 cm³/mol. The number of carbonyl (C=O) groups excluding carboxylic acids is 2. The van der Waals surface area contributed by atoms with Crippen LogP contribution in [0.3, 0.4) is 0 Å². The third-order valence-electron chi connectivity index (χ3n) is 5.04. The van der Waals surface area contributed by atoms with E-state index in [2.05, 4.69) is 22.1 Å². The Hall–Kier alpha value is -1.11. The molecule has 1 atom stereocenters. The molecule has 1 aromatic heterocycles. The quantitative estimate of drug-likeness (QED) is 0.816. The second-order valence-electron chi connectivity index (χ2n) is 6.72. The number of thiophene rings is 1. The summed E-state index contributed by atoms with van der Waals surface area (Å²) < 4.78 is 0. The molecule has 1 aromatic rings. The SMILES string of the molecule is Cl.O=C(NCCc1cccs1)C1CCN(C(=O)C2CCCCN2)CC1. The van der Waals surface area contributed by atoms with Crippen LogP contribution < -0.4 is 10.6 Å². The molecule has 2 amide bonds. The molecule has 2 fully saturated rings. The minimum absolute atomic E-state index is 0. The zero-order valence-corrected chi connectivity index (χ0v) is 16.2. The summed E-state index contributed by atoms with van der Waals surface area (Å²) in [6.45, 7) is 3.06. The number of rotatable bonds is 5. The van der Waals surface area contributed by atoms with Gasteiger partial charge in [0.1, 0.15) is 0 Å². The van der Waals surface area contributed by atoms with Crippen LogP contribution in [0.25, 0.3) is 0 Å². The summed E-state index contributed by atoms with van der Waals surface area (Å²) in [7, 11) is 0. The van der Waals surface area contributed by atoms with E-state index in [1.54, 1.807) is 11.3 Å². The molecule has 140 valence electrons. The van der Waals surface area contributed by atoms with Gasteiger partial charge in [-0.1, -0.05) is 12.5 Å². The van der Waals surface area contributed by atoms with Gasteiger partial charge in [-0.05, 0) is 50.1 Å². The van der Waals surface area contributed by atoms with Crippen LogP contribution in [0.1, 0.15) is 37.0 Å². The van der Waals surface area contributed by atoms with Crippen LogP contribution in [0.4, 0.5) is 0 Å². The van der Waals surface area contributed by atoms with E-state index in [0.29, 0.717) is 19.6 Å². The fourth-order valence-electron chi connectivity index (χ4n) is 3.55. The third kappa shape index (κ3) is 5.69. The van der Waals surface area contributed by atoms with Crippen LogP contribution in [0.5, 0.6) is 0 Å². The van der Waals surface area contributed by atoms with E-state index in [1.807, 2.05) is 11.0 Å². The Morgan fingerprint density at radius 1 is 1.24 bits per heavy atom. The van der Waals surface area contributed by atoms with Crippen molar-refractivity contribution in [2.24, 2.45) is 5.92 Å². The first-order valence-corrected chi connectivity index (χ1v) is 9.94. The van der Waals surface area contributed by atoms with Crippen molar-refractivity contribution in [2.45, 2.75) is 44.6 Å². The molecular weight excluding hydrogens is 358 g/mol. The van der Waals surface area contributed by atoms with Crippen LogP contribution in [-0.4, -0.2) is 48.9 Å². The van der Waals surface area contributed by atoms with E-state index in [4.69, 9.17) is 0 Å². The molecule has 2 aliphatic rings. The Labute approximate surface area is 160 Å². The van der Waals surface area contributed by atoms with Crippen LogP contribution in [0, 0.1) is 5.92 Å². The van der Waals surface area contributed by atoms with Gasteiger partial charge in [0.15, 0.2) is 0 Å². The summed E-state index contributed by atoms with van der Waals surface area (Å²) >= 11 is 1.73. The van der Waals surface area contributed by atoms with Gasteiger partial charge < -0.3 is 15.5 Å². The average Bonchev–Trinajstić information content (AvgIpc) is 3.15. The summed E-state index contributed by atoms with van der Waals surface area (Å²) in [5.74, 6) is 0.428. The summed E-state index contributed by atoms with van der Waals surface area (Å²) in [4.78, 5) is 28.0. The first-order chi connectivity index (χ1) is 11.7. The molecule has 0 bridgehead atoms. The van der Waals surface area contributed by atoms with E-state index >= 15 is 0 Å². The smallest absolute Gasteiger partial charge is 0.239 e. The van der Waals surface area contributed by atoms with Crippen LogP contribution in [-0.2, 0) is 16.0 Å². The van der Waals surface area contributed by atoms with Gasteiger partial charge in [-0.15, -0.1) is 23.7 Å². The highest BCUT2D eigenvalue weighted by Crippen LogP contribution is 2.20. The van der Waals surface area contributed by atoms with Gasteiger partial charge in [0.05, 0.1) is 6.04 Å². The fraction of sp³-hybridized carbons (Fsp3) is 0.667. The molecule has 5 nitrogen and oxygen atoms in total. The van der Waals surface area contributed by atoms with Gasteiger partial charge in [-0.25, -0.2) is 0 Å². The second kappa shape index (κ2) is 10.1. The van der Waals surface area contributed by atoms with Crippen molar-refractivity contribution >= 4 is 35.6 Å². The van der Waals surface area contributed by atoms with E-state index in [0.717, 1.165) is 45.1 Å². The Kier molecular flexibility index (Phi) is 8.19. The molecule has 1 unspecified atom stereocenters. The van der Waals surface area contributed by atoms with Crippen LogP contribution >= 0.6 is 23.7 Å². The number of piperidine rings is 2. The van der Waals surface area contributed by atoms with Gasteiger partial charge in [0.25, 0.3) is 0 Å². The first-order valence-electron chi connectivity index (χ1n) is 9.06. The van der Waals surface area contributed by atoms with E-state index in [1.165, 1.54) is 4.88 Å². The number of nitrogens with zero attached hydrogens (tertiary/aromatic N) is 1. The highest BCUT2D eigenvalue weighted by atomic mass is 35.5. The van der Waals surface area contributed by atoms with Crippen molar-refractivity contribution in [2.75, 3.05) is 26.2 Å². The number of likely N-dealkylation sites (tertiary alicyclic amines) is 1. The number of hydrogen-bond donors (Lipinski definition) is 2. The van der Waals surface area contributed by atoms with E-state index < -0.39 is 0 Å². The lowest BCUT2D eigenvalue weighted by Crippen LogP contribution is -2.51. The van der Waals surface area contributed by atoms with Crippen molar-refractivity contribution in [1.82, 2.24) is 15.5 Å². The lowest BCUT2D eigenvalue weighted by atomic mass is 9.94. The molecule has 3 heterocycles. The van der Waals surface area contributed by atoms with E-state index in [9.17, 15) is 9.59 Å². The Morgan fingerprint density at radius 3 is 2.68 bits per heavy atom. The lowest BCUT2D eigenvalue weighted by molar-refractivity contribution is -0.137. The summed E-state index contributed by atoms with van der Waals surface area (Å²) in [6.07, 6.45) is 5.70. The monoisotopic (exact) mass is 385 g/mol. The number of carbonyl (C=O) groups is 2. The number of halogens is 1. The maximum Gasteiger partial charge on any atom is 0.239 e. The molecule has 0 radical (unpaired) electrons. The number of hydrogen-bond acceptors (Lipinski definition) is 4. The van der Waals surface area contributed by atoms with Crippen molar-refractivity contribution in [3.05, 3.63) is 22.4 Å². The van der Waals surface area contributed by atoms with Gasteiger partial charge in [-0.3, -0.25) is 9.59 Å². The third-order valence-corrected chi connectivity index (χ3v) is 5.97. The standard InChI is InChI=1S/C18H27N3O2S.ClH/c22-17(20-10-6-15-4-3-13-24-15)14-7-11-21(12-8-14)18(23)16-5-1-2-9-19-16;/h3-4,13-14,16,19H,1-2,5-12H2,(H,20,22);1H. The molecule has 0 aromatic carbocycles. The molecule has 0 aliphatic carbocycles. The van der Waals surface area contributed by atoms with E-state index in [-0.39, 0.29) is 36.2 Å².